The van der Waals surface area contributed by atoms with Gasteiger partial charge in [-0.1, -0.05) is 97.1 Å². The van der Waals surface area contributed by atoms with E-state index in [0.717, 1.165) is 33.2 Å². The molecule has 4 aromatic carbocycles. The minimum absolute atomic E-state index is 0.0488. The van der Waals surface area contributed by atoms with Crippen molar-refractivity contribution in [2.75, 3.05) is 0 Å². The van der Waals surface area contributed by atoms with Gasteiger partial charge in [0.1, 0.15) is 0 Å². The van der Waals surface area contributed by atoms with Crippen LogP contribution in [0.1, 0.15) is 27.8 Å². The van der Waals surface area contributed by atoms with E-state index >= 15 is 0 Å². The second kappa shape index (κ2) is 11.5. The lowest BCUT2D eigenvalue weighted by molar-refractivity contribution is -0.122. The molecule has 0 radical (unpaired) electrons. The van der Waals surface area contributed by atoms with Gasteiger partial charge in [0.15, 0.2) is 5.17 Å². The van der Waals surface area contributed by atoms with Gasteiger partial charge >= 0.3 is 0 Å². The fourth-order valence-corrected chi connectivity index (χ4v) is 5.85. The van der Waals surface area contributed by atoms with Crippen LogP contribution < -0.4 is 0 Å². The van der Waals surface area contributed by atoms with Crippen LogP contribution in [-0.2, 0) is 24.4 Å². The minimum atomic E-state index is -0.0488. The van der Waals surface area contributed by atoms with Gasteiger partial charge in [0.05, 0.1) is 29.6 Å². The van der Waals surface area contributed by atoms with E-state index in [9.17, 15) is 10.1 Å². The summed E-state index contributed by atoms with van der Waals surface area (Å²) in [6.07, 6.45) is 4.05. The van der Waals surface area contributed by atoms with Gasteiger partial charge in [-0.05, 0) is 46.7 Å². The molecule has 40 heavy (non-hydrogen) atoms. The van der Waals surface area contributed by atoms with Crippen LogP contribution in [0.2, 0.25) is 0 Å². The number of aliphatic imine (C=N–C) groups is 1. The van der Waals surface area contributed by atoms with Crippen LogP contribution in [0.5, 0.6) is 0 Å². The third kappa shape index (κ3) is 5.33. The maximum atomic E-state index is 13.8. The summed E-state index contributed by atoms with van der Waals surface area (Å²) in [6, 6.07) is 38.2. The van der Waals surface area contributed by atoms with Crippen LogP contribution in [0.25, 0.3) is 17.0 Å². The van der Waals surface area contributed by atoms with Gasteiger partial charge in [-0.2, -0.15) is 5.26 Å². The first-order chi connectivity index (χ1) is 19.7. The number of aromatic nitrogens is 1. The summed E-state index contributed by atoms with van der Waals surface area (Å²) in [5, 5.41) is 11.3. The summed E-state index contributed by atoms with van der Waals surface area (Å²) in [4.78, 5) is 21.0. The first-order valence-electron chi connectivity index (χ1n) is 13.1. The molecule has 0 bridgehead atoms. The van der Waals surface area contributed by atoms with Crippen LogP contribution in [0.3, 0.4) is 0 Å². The Hall–Kier alpha value is -4.86. The Morgan fingerprint density at radius 2 is 1.48 bits per heavy atom. The van der Waals surface area contributed by atoms with Crippen LogP contribution in [-0.4, -0.2) is 20.5 Å². The number of amides is 1. The maximum absolute atomic E-state index is 13.8. The van der Waals surface area contributed by atoms with Gasteiger partial charge in [0.25, 0.3) is 5.91 Å². The molecule has 1 aliphatic heterocycles. The van der Waals surface area contributed by atoms with Crippen molar-refractivity contribution >= 4 is 39.8 Å². The van der Waals surface area contributed by atoms with Crippen molar-refractivity contribution in [3.63, 3.8) is 0 Å². The molecule has 1 aliphatic rings. The second-order valence-corrected chi connectivity index (χ2v) is 10.6. The van der Waals surface area contributed by atoms with Crippen LogP contribution in [0.4, 0.5) is 0 Å². The Bertz CT molecular complexity index is 1780. The smallest absolute Gasteiger partial charge is 0.267 e. The number of para-hydroxylation sites is 1. The molecule has 0 saturated carbocycles. The molecule has 0 atom stereocenters. The normalized spacial score (nSPS) is 15.3. The number of carbonyl (C=O) groups excluding carboxylic acids is 1. The van der Waals surface area contributed by atoms with E-state index < -0.39 is 0 Å². The molecule has 2 heterocycles. The monoisotopic (exact) mass is 538 g/mol. The Balaban J connectivity index is 1.36. The SMILES string of the molecule is N#Cc1ccccc1Cn1cc(/C=C2/SC(=NCc3ccccc3)N(Cc3ccccc3)C2=O)c2ccccc21. The quantitative estimate of drug-likeness (QED) is 0.205. The van der Waals surface area contributed by atoms with Gasteiger partial charge in [-0.3, -0.25) is 14.7 Å². The van der Waals surface area contributed by atoms with E-state index in [1.165, 1.54) is 11.8 Å². The first-order valence-corrected chi connectivity index (χ1v) is 13.9. The van der Waals surface area contributed by atoms with Gasteiger partial charge in [0.2, 0.25) is 0 Å². The van der Waals surface area contributed by atoms with E-state index in [1.54, 1.807) is 4.90 Å². The van der Waals surface area contributed by atoms with Crippen molar-refractivity contribution in [1.29, 1.82) is 5.26 Å². The molecule has 1 saturated heterocycles. The highest BCUT2D eigenvalue weighted by Crippen LogP contribution is 2.36. The molecular formula is C34H26N4OS. The molecule has 0 N–H and O–H groups in total. The maximum Gasteiger partial charge on any atom is 0.267 e. The molecule has 0 aliphatic carbocycles. The molecule has 0 spiro atoms. The van der Waals surface area contributed by atoms with Gasteiger partial charge in [0, 0.05) is 29.2 Å². The molecule has 0 unspecified atom stereocenters. The highest BCUT2D eigenvalue weighted by molar-refractivity contribution is 8.18. The third-order valence-electron chi connectivity index (χ3n) is 6.90. The fraction of sp³-hybridized carbons (Fsp3) is 0.0882. The molecule has 1 amide bonds. The van der Waals surface area contributed by atoms with Crippen molar-refractivity contribution in [2.24, 2.45) is 4.99 Å². The van der Waals surface area contributed by atoms with Crippen molar-refractivity contribution in [2.45, 2.75) is 19.6 Å². The number of thioether (sulfide) groups is 1. The molecule has 6 heteroatoms. The lowest BCUT2D eigenvalue weighted by atomic mass is 10.1. The van der Waals surface area contributed by atoms with Gasteiger partial charge in [-0.25, -0.2) is 0 Å². The number of amidine groups is 1. The number of hydrogen-bond acceptors (Lipinski definition) is 4. The lowest BCUT2D eigenvalue weighted by Gasteiger charge is -2.15. The number of fused-ring (bicyclic) bond motifs is 1. The summed E-state index contributed by atoms with van der Waals surface area (Å²) in [5.41, 5.74) is 5.79. The Morgan fingerprint density at radius 3 is 2.25 bits per heavy atom. The van der Waals surface area contributed by atoms with E-state index in [1.807, 2.05) is 103 Å². The number of rotatable bonds is 7. The van der Waals surface area contributed by atoms with Crippen molar-refractivity contribution in [3.8, 4) is 6.07 Å². The van der Waals surface area contributed by atoms with E-state index in [2.05, 4.69) is 29.0 Å². The van der Waals surface area contributed by atoms with E-state index in [4.69, 9.17) is 4.99 Å². The number of nitrogens with zero attached hydrogens (tertiary/aromatic N) is 4. The van der Waals surface area contributed by atoms with Crippen molar-refractivity contribution < 1.29 is 4.79 Å². The fourth-order valence-electron chi connectivity index (χ4n) is 4.89. The predicted molar refractivity (Wildman–Crippen MR) is 162 cm³/mol. The molecule has 1 aromatic heterocycles. The van der Waals surface area contributed by atoms with Crippen LogP contribution >= 0.6 is 11.8 Å². The minimum Gasteiger partial charge on any atom is -0.342 e. The van der Waals surface area contributed by atoms with E-state index in [-0.39, 0.29) is 5.91 Å². The largest absolute Gasteiger partial charge is 0.342 e. The summed E-state index contributed by atoms with van der Waals surface area (Å²) in [7, 11) is 0. The molecule has 6 rings (SSSR count). The first kappa shape index (κ1) is 25.4. The van der Waals surface area contributed by atoms with E-state index in [0.29, 0.717) is 35.3 Å². The van der Waals surface area contributed by atoms with Crippen LogP contribution in [0, 0.1) is 11.3 Å². The number of carbonyl (C=O) groups is 1. The molecule has 5 nitrogen and oxygen atoms in total. The van der Waals surface area contributed by atoms with Gasteiger partial charge in [-0.15, -0.1) is 0 Å². The zero-order valence-corrected chi connectivity index (χ0v) is 22.6. The topological polar surface area (TPSA) is 61.4 Å². The highest BCUT2D eigenvalue weighted by Gasteiger charge is 2.33. The third-order valence-corrected chi connectivity index (χ3v) is 7.94. The lowest BCUT2D eigenvalue weighted by Crippen LogP contribution is -2.28. The average Bonchev–Trinajstić information content (AvgIpc) is 3.49. The Kier molecular flexibility index (Phi) is 7.30. The van der Waals surface area contributed by atoms with Crippen molar-refractivity contribution in [1.82, 2.24) is 9.47 Å². The molecule has 1 fully saturated rings. The van der Waals surface area contributed by atoms with Crippen LogP contribution in [0.15, 0.2) is 125 Å². The van der Waals surface area contributed by atoms with Gasteiger partial charge < -0.3 is 4.57 Å². The summed E-state index contributed by atoms with van der Waals surface area (Å²) < 4.78 is 2.15. The number of nitriles is 1. The zero-order valence-electron chi connectivity index (χ0n) is 21.8. The molecular weight excluding hydrogens is 512 g/mol. The van der Waals surface area contributed by atoms with Crippen molar-refractivity contribution in [3.05, 3.63) is 148 Å². The zero-order chi connectivity index (χ0) is 27.3. The average molecular weight is 539 g/mol. The number of hydrogen-bond donors (Lipinski definition) is 0. The summed E-state index contributed by atoms with van der Waals surface area (Å²) in [6.45, 7) is 1.54. The Labute approximate surface area is 237 Å². The highest BCUT2D eigenvalue weighted by atomic mass is 32.2. The Morgan fingerprint density at radius 1 is 0.800 bits per heavy atom. The summed E-state index contributed by atoms with van der Waals surface area (Å²) >= 11 is 1.42. The number of benzene rings is 4. The standard InChI is InChI=1S/C34H26N4OS/c35-20-27-15-7-8-16-28(27)23-37-24-29(30-17-9-10-18-31(30)37)19-32-33(39)38(22-26-13-5-2-6-14-26)34(40-32)36-21-25-11-3-1-4-12-25/h1-19,24H,21-23H2/b32-19+,36-34?. The molecule has 194 valence electrons. The second-order valence-electron chi connectivity index (χ2n) is 9.57. The molecule has 5 aromatic rings. The summed E-state index contributed by atoms with van der Waals surface area (Å²) in [5.74, 6) is -0.0488. The predicted octanol–water partition coefficient (Wildman–Crippen LogP) is 7.23.